The van der Waals surface area contributed by atoms with Crippen molar-refractivity contribution in [2.45, 2.75) is 6.92 Å². The van der Waals surface area contributed by atoms with E-state index in [4.69, 9.17) is 0 Å². The van der Waals surface area contributed by atoms with Gasteiger partial charge in [0, 0.05) is 49.5 Å². The summed E-state index contributed by atoms with van der Waals surface area (Å²) >= 11 is 0. The Balaban J connectivity index is 1.34. The molecular weight excluding hydrogens is 356 g/mol. The van der Waals surface area contributed by atoms with Gasteiger partial charge in [0.25, 0.3) is 5.91 Å². The van der Waals surface area contributed by atoms with Crippen LogP contribution >= 0.6 is 0 Å². The average molecular weight is 374 g/mol. The van der Waals surface area contributed by atoms with Crippen molar-refractivity contribution in [1.29, 1.82) is 0 Å². The highest BCUT2D eigenvalue weighted by molar-refractivity contribution is 5.97. The largest absolute Gasteiger partial charge is 0.368 e. The van der Waals surface area contributed by atoms with Gasteiger partial charge in [-0.3, -0.25) is 14.8 Å². The number of fused-ring (bicyclic) bond motifs is 1. The molecule has 1 aromatic carbocycles. The molecule has 9 heteroatoms. The number of anilines is 1. The molecule has 0 spiro atoms. The SMILES string of the molecule is Cc1nc(NCCNC(=O)c2ccc3nccnc3c2)cc(-n2cccn2)n1. The quantitative estimate of drug-likeness (QED) is 0.495. The molecule has 0 saturated carbocycles. The maximum Gasteiger partial charge on any atom is 0.251 e. The van der Waals surface area contributed by atoms with Crippen molar-refractivity contribution in [2.24, 2.45) is 0 Å². The summed E-state index contributed by atoms with van der Waals surface area (Å²) < 4.78 is 1.67. The summed E-state index contributed by atoms with van der Waals surface area (Å²) in [5.41, 5.74) is 2.00. The maximum absolute atomic E-state index is 12.3. The van der Waals surface area contributed by atoms with Crippen LogP contribution < -0.4 is 10.6 Å². The van der Waals surface area contributed by atoms with Crippen LogP contribution in [-0.4, -0.2) is 48.7 Å². The highest BCUT2D eigenvalue weighted by atomic mass is 16.1. The first-order valence-electron chi connectivity index (χ1n) is 8.77. The van der Waals surface area contributed by atoms with Gasteiger partial charge < -0.3 is 10.6 Å². The fraction of sp³-hybridized carbons (Fsp3) is 0.158. The number of carbonyl (C=O) groups is 1. The lowest BCUT2D eigenvalue weighted by molar-refractivity contribution is 0.0955. The first kappa shape index (κ1) is 17.5. The maximum atomic E-state index is 12.3. The van der Waals surface area contributed by atoms with Gasteiger partial charge in [0.2, 0.25) is 0 Å². The molecule has 4 rings (SSSR count). The van der Waals surface area contributed by atoms with E-state index < -0.39 is 0 Å². The van der Waals surface area contributed by atoms with Crippen molar-refractivity contribution in [1.82, 2.24) is 35.0 Å². The third kappa shape index (κ3) is 3.93. The molecule has 0 saturated heterocycles. The second kappa shape index (κ2) is 7.78. The standard InChI is InChI=1S/C19H18N8O/c1-13-25-17(12-18(26-13)27-10-2-5-24-27)22-8-9-23-19(28)14-3-4-15-16(11-14)21-7-6-20-15/h2-7,10-12H,8-9H2,1H3,(H,23,28)(H,22,25,26). The predicted molar refractivity (Wildman–Crippen MR) is 104 cm³/mol. The monoisotopic (exact) mass is 374 g/mol. The van der Waals surface area contributed by atoms with Crippen LogP contribution in [0.15, 0.2) is 55.1 Å². The van der Waals surface area contributed by atoms with Gasteiger partial charge in [-0.1, -0.05) is 0 Å². The molecule has 1 amide bonds. The Morgan fingerprint density at radius 1 is 1.04 bits per heavy atom. The summed E-state index contributed by atoms with van der Waals surface area (Å²) in [6, 6.07) is 8.90. The number of aromatic nitrogens is 6. The number of amides is 1. The Morgan fingerprint density at radius 3 is 2.71 bits per heavy atom. The summed E-state index contributed by atoms with van der Waals surface area (Å²) in [4.78, 5) is 29.5. The molecule has 0 aliphatic heterocycles. The molecule has 0 atom stereocenters. The molecule has 4 aromatic rings. The van der Waals surface area contributed by atoms with Crippen LogP contribution in [-0.2, 0) is 0 Å². The lowest BCUT2D eigenvalue weighted by atomic mass is 10.2. The Labute approximate surface area is 160 Å². The summed E-state index contributed by atoms with van der Waals surface area (Å²) in [7, 11) is 0. The molecule has 140 valence electrons. The molecule has 3 aromatic heterocycles. The fourth-order valence-corrected chi connectivity index (χ4v) is 2.74. The highest BCUT2D eigenvalue weighted by Crippen LogP contribution is 2.11. The molecule has 0 fully saturated rings. The van der Waals surface area contributed by atoms with Crippen LogP contribution in [0.3, 0.4) is 0 Å². The Kier molecular flexibility index (Phi) is 4.87. The minimum atomic E-state index is -0.162. The fourth-order valence-electron chi connectivity index (χ4n) is 2.74. The molecule has 3 heterocycles. The lowest BCUT2D eigenvalue weighted by Gasteiger charge is -2.10. The lowest BCUT2D eigenvalue weighted by Crippen LogP contribution is -2.29. The van der Waals surface area contributed by atoms with Crippen molar-refractivity contribution in [3.05, 3.63) is 66.5 Å². The second-order valence-electron chi connectivity index (χ2n) is 6.05. The van der Waals surface area contributed by atoms with E-state index in [1.807, 2.05) is 25.3 Å². The number of hydrogen-bond donors (Lipinski definition) is 2. The van der Waals surface area contributed by atoms with Crippen LogP contribution in [0.4, 0.5) is 5.82 Å². The van der Waals surface area contributed by atoms with E-state index in [1.54, 1.807) is 41.5 Å². The van der Waals surface area contributed by atoms with E-state index in [1.165, 1.54) is 0 Å². The van der Waals surface area contributed by atoms with Crippen molar-refractivity contribution in [3.63, 3.8) is 0 Å². The Morgan fingerprint density at radius 2 is 1.89 bits per heavy atom. The molecule has 0 unspecified atom stereocenters. The Bertz CT molecular complexity index is 1110. The second-order valence-corrected chi connectivity index (χ2v) is 6.05. The smallest absolute Gasteiger partial charge is 0.251 e. The van der Waals surface area contributed by atoms with E-state index in [2.05, 4.69) is 35.7 Å². The van der Waals surface area contributed by atoms with Gasteiger partial charge in [-0.2, -0.15) is 5.10 Å². The summed E-state index contributed by atoms with van der Waals surface area (Å²) in [6.07, 6.45) is 6.74. The minimum Gasteiger partial charge on any atom is -0.368 e. The number of nitrogens with one attached hydrogen (secondary N) is 2. The third-order valence-electron chi connectivity index (χ3n) is 4.01. The average Bonchev–Trinajstić information content (AvgIpc) is 3.25. The van der Waals surface area contributed by atoms with Crippen molar-refractivity contribution in [2.75, 3.05) is 18.4 Å². The van der Waals surface area contributed by atoms with Gasteiger partial charge >= 0.3 is 0 Å². The van der Waals surface area contributed by atoms with E-state index in [9.17, 15) is 4.79 Å². The molecule has 0 bridgehead atoms. The summed E-state index contributed by atoms with van der Waals surface area (Å²) in [5.74, 6) is 1.83. The zero-order valence-electron chi connectivity index (χ0n) is 15.2. The first-order valence-corrected chi connectivity index (χ1v) is 8.77. The van der Waals surface area contributed by atoms with Gasteiger partial charge in [-0.25, -0.2) is 14.6 Å². The zero-order valence-corrected chi connectivity index (χ0v) is 15.2. The highest BCUT2D eigenvalue weighted by Gasteiger charge is 2.07. The van der Waals surface area contributed by atoms with Crippen LogP contribution in [0, 0.1) is 6.92 Å². The number of hydrogen-bond acceptors (Lipinski definition) is 7. The number of rotatable bonds is 6. The van der Waals surface area contributed by atoms with E-state index in [-0.39, 0.29) is 5.91 Å². The Hall–Kier alpha value is -3.88. The van der Waals surface area contributed by atoms with E-state index >= 15 is 0 Å². The van der Waals surface area contributed by atoms with Gasteiger partial charge in [0.05, 0.1) is 11.0 Å². The van der Waals surface area contributed by atoms with Gasteiger partial charge in [-0.05, 0) is 31.2 Å². The van der Waals surface area contributed by atoms with Crippen molar-refractivity contribution >= 4 is 22.8 Å². The third-order valence-corrected chi connectivity index (χ3v) is 4.01. The van der Waals surface area contributed by atoms with Crippen molar-refractivity contribution in [3.8, 4) is 5.82 Å². The van der Waals surface area contributed by atoms with Gasteiger partial charge in [0.1, 0.15) is 11.6 Å². The zero-order chi connectivity index (χ0) is 19.3. The molecule has 0 aliphatic rings. The van der Waals surface area contributed by atoms with Crippen LogP contribution in [0.1, 0.15) is 16.2 Å². The molecule has 2 N–H and O–H groups in total. The number of aryl methyl sites for hydroxylation is 1. The minimum absolute atomic E-state index is 0.162. The number of nitrogens with zero attached hydrogens (tertiary/aromatic N) is 6. The van der Waals surface area contributed by atoms with E-state index in [0.29, 0.717) is 41.6 Å². The van der Waals surface area contributed by atoms with Crippen LogP contribution in [0.5, 0.6) is 0 Å². The molecular formula is C19H18N8O. The summed E-state index contributed by atoms with van der Waals surface area (Å²) in [5, 5.41) is 10.3. The topological polar surface area (TPSA) is 111 Å². The normalized spacial score (nSPS) is 10.8. The van der Waals surface area contributed by atoms with Gasteiger partial charge in [0.15, 0.2) is 5.82 Å². The molecule has 28 heavy (non-hydrogen) atoms. The summed E-state index contributed by atoms with van der Waals surface area (Å²) in [6.45, 7) is 2.79. The molecule has 9 nitrogen and oxygen atoms in total. The van der Waals surface area contributed by atoms with Crippen molar-refractivity contribution < 1.29 is 4.79 Å². The number of carbonyl (C=O) groups excluding carboxylic acids is 1. The van der Waals surface area contributed by atoms with Crippen LogP contribution in [0.25, 0.3) is 16.9 Å². The van der Waals surface area contributed by atoms with E-state index in [0.717, 1.165) is 5.52 Å². The molecule has 0 radical (unpaired) electrons. The number of benzene rings is 1. The predicted octanol–water partition coefficient (Wildman–Crippen LogP) is 1.76. The first-order chi connectivity index (χ1) is 13.7. The van der Waals surface area contributed by atoms with Gasteiger partial charge in [-0.15, -0.1) is 0 Å². The molecule has 0 aliphatic carbocycles. The van der Waals surface area contributed by atoms with Crippen LogP contribution in [0.2, 0.25) is 0 Å².